The van der Waals surface area contributed by atoms with Crippen LogP contribution in [0, 0.1) is 6.92 Å². The van der Waals surface area contributed by atoms with Crippen molar-refractivity contribution in [3.05, 3.63) is 5.69 Å². The molecule has 0 unspecified atom stereocenters. The molecule has 1 aliphatic heterocycles. The fourth-order valence-corrected chi connectivity index (χ4v) is 3.82. The van der Waals surface area contributed by atoms with Crippen LogP contribution in [0.3, 0.4) is 0 Å². The molecule has 1 fully saturated rings. The summed E-state index contributed by atoms with van der Waals surface area (Å²) in [4.78, 5) is 8.03. The van der Waals surface area contributed by atoms with Crippen LogP contribution in [0.15, 0.2) is 0 Å². The first-order valence-electron chi connectivity index (χ1n) is 6.09. The molecule has 2 aromatic heterocycles. The molecule has 6 nitrogen and oxygen atoms in total. The summed E-state index contributed by atoms with van der Waals surface area (Å²) in [6, 6.07) is 0. The maximum atomic E-state index is 5.37. The lowest BCUT2D eigenvalue weighted by Crippen LogP contribution is -2.36. The molecule has 0 bridgehead atoms. The van der Waals surface area contributed by atoms with Gasteiger partial charge < -0.3 is 15.0 Å². The van der Waals surface area contributed by atoms with Crippen molar-refractivity contribution in [2.75, 3.05) is 43.6 Å². The maximum absolute atomic E-state index is 5.37. The van der Waals surface area contributed by atoms with Crippen LogP contribution in [0.5, 0.6) is 0 Å². The molecule has 2 aromatic rings. The van der Waals surface area contributed by atoms with E-state index < -0.39 is 0 Å². The van der Waals surface area contributed by atoms with E-state index in [9.17, 15) is 0 Å². The van der Waals surface area contributed by atoms with Crippen molar-refractivity contribution in [2.24, 2.45) is 0 Å². The zero-order valence-corrected chi connectivity index (χ0v) is 12.5. The second-order valence-electron chi connectivity index (χ2n) is 4.17. The fraction of sp³-hybridized carbons (Fsp3) is 0.545. The van der Waals surface area contributed by atoms with Crippen molar-refractivity contribution in [1.82, 2.24) is 15.2 Å². The van der Waals surface area contributed by atoms with Gasteiger partial charge in [-0.25, -0.2) is 4.98 Å². The van der Waals surface area contributed by atoms with Crippen LogP contribution < -0.4 is 10.2 Å². The smallest absolute Gasteiger partial charge is 0.205 e. The van der Waals surface area contributed by atoms with Crippen molar-refractivity contribution in [1.29, 1.82) is 0 Å². The van der Waals surface area contributed by atoms with Gasteiger partial charge >= 0.3 is 0 Å². The largest absolute Gasteiger partial charge is 0.378 e. The number of aryl methyl sites for hydroxylation is 1. The predicted octanol–water partition coefficient (Wildman–Crippen LogP) is 1.85. The first-order valence-corrected chi connectivity index (χ1v) is 7.73. The molecule has 102 valence electrons. The van der Waals surface area contributed by atoms with Gasteiger partial charge in [-0.2, -0.15) is 0 Å². The minimum Gasteiger partial charge on any atom is -0.378 e. The molecule has 1 aliphatic rings. The van der Waals surface area contributed by atoms with Gasteiger partial charge in [-0.15, -0.1) is 10.2 Å². The van der Waals surface area contributed by atoms with E-state index in [1.807, 2.05) is 14.0 Å². The van der Waals surface area contributed by atoms with Gasteiger partial charge in [-0.1, -0.05) is 22.7 Å². The Hall–Kier alpha value is -1.25. The van der Waals surface area contributed by atoms with Gasteiger partial charge in [0.15, 0.2) is 10.1 Å². The van der Waals surface area contributed by atoms with Crippen molar-refractivity contribution in [3.63, 3.8) is 0 Å². The summed E-state index contributed by atoms with van der Waals surface area (Å²) in [6.45, 7) is 5.39. The highest BCUT2D eigenvalue weighted by Gasteiger charge is 2.19. The molecular formula is C11H15N5OS2. The molecule has 0 aromatic carbocycles. The standard InChI is InChI=1S/C11H15N5OS2/c1-7-8(9-14-15-10(12-2)19-9)18-11(13-7)16-3-5-17-6-4-16/h3-6H2,1-2H3,(H,12,15). The van der Waals surface area contributed by atoms with Crippen molar-refractivity contribution < 1.29 is 4.74 Å². The normalized spacial score (nSPS) is 15.8. The maximum Gasteiger partial charge on any atom is 0.205 e. The third kappa shape index (κ3) is 2.56. The summed E-state index contributed by atoms with van der Waals surface area (Å²) in [6.07, 6.45) is 0. The molecule has 0 aliphatic carbocycles. The third-order valence-electron chi connectivity index (χ3n) is 2.90. The number of rotatable bonds is 3. The molecule has 3 heterocycles. The Morgan fingerprint density at radius 1 is 1.21 bits per heavy atom. The van der Waals surface area contributed by atoms with Crippen LogP contribution in [0.4, 0.5) is 10.3 Å². The van der Waals surface area contributed by atoms with E-state index in [2.05, 4.69) is 25.4 Å². The van der Waals surface area contributed by atoms with Gasteiger partial charge in [-0.3, -0.25) is 0 Å². The Bertz CT molecular complexity index is 561. The Balaban J connectivity index is 1.88. The van der Waals surface area contributed by atoms with E-state index in [1.165, 1.54) is 0 Å². The molecule has 0 saturated carbocycles. The topological polar surface area (TPSA) is 63.2 Å². The quantitative estimate of drug-likeness (QED) is 0.933. The van der Waals surface area contributed by atoms with Crippen LogP contribution in [0.2, 0.25) is 0 Å². The summed E-state index contributed by atoms with van der Waals surface area (Å²) in [5.74, 6) is 0. The van der Waals surface area contributed by atoms with Gasteiger partial charge in [0, 0.05) is 20.1 Å². The van der Waals surface area contributed by atoms with E-state index in [0.29, 0.717) is 0 Å². The summed E-state index contributed by atoms with van der Waals surface area (Å²) >= 11 is 3.24. The van der Waals surface area contributed by atoms with E-state index >= 15 is 0 Å². The van der Waals surface area contributed by atoms with Crippen LogP contribution in [0.1, 0.15) is 5.69 Å². The van der Waals surface area contributed by atoms with Gasteiger partial charge in [0.25, 0.3) is 0 Å². The fourth-order valence-electron chi connectivity index (χ4n) is 1.89. The van der Waals surface area contributed by atoms with E-state index in [1.54, 1.807) is 22.7 Å². The van der Waals surface area contributed by atoms with Gasteiger partial charge in [-0.05, 0) is 6.92 Å². The number of morpholine rings is 1. The summed E-state index contributed by atoms with van der Waals surface area (Å²) in [5, 5.41) is 14.1. The molecule has 0 radical (unpaired) electrons. The summed E-state index contributed by atoms with van der Waals surface area (Å²) in [5.41, 5.74) is 1.02. The molecule has 0 amide bonds. The van der Waals surface area contributed by atoms with E-state index in [-0.39, 0.29) is 0 Å². The number of hydrogen-bond acceptors (Lipinski definition) is 8. The first-order chi connectivity index (χ1) is 9.28. The predicted molar refractivity (Wildman–Crippen MR) is 78.3 cm³/mol. The molecule has 8 heteroatoms. The lowest BCUT2D eigenvalue weighted by molar-refractivity contribution is 0.122. The highest BCUT2D eigenvalue weighted by Crippen LogP contribution is 2.37. The Labute approximate surface area is 119 Å². The van der Waals surface area contributed by atoms with Gasteiger partial charge in [0.05, 0.1) is 23.8 Å². The van der Waals surface area contributed by atoms with E-state index in [4.69, 9.17) is 4.74 Å². The monoisotopic (exact) mass is 297 g/mol. The summed E-state index contributed by atoms with van der Waals surface area (Å²) < 4.78 is 5.37. The Morgan fingerprint density at radius 2 is 2.00 bits per heavy atom. The second-order valence-corrected chi connectivity index (χ2v) is 6.13. The SMILES string of the molecule is CNc1nnc(-c2sc(N3CCOCC3)nc2C)s1. The van der Waals surface area contributed by atoms with Crippen LogP contribution >= 0.6 is 22.7 Å². The molecule has 1 saturated heterocycles. The van der Waals surface area contributed by atoms with Gasteiger partial charge in [0.2, 0.25) is 5.13 Å². The number of aromatic nitrogens is 3. The Kier molecular flexibility index (Phi) is 3.63. The second kappa shape index (κ2) is 5.40. The van der Waals surface area contributed by atoms with Crippen molar-refractivity contribution >= 4 is 32.9 Å². The lowest BCUT2D eigenvalue weighted by Gasteiger charge is -2.25. The van der Waals surface area contributed by atoms with Crippen LogP contribution in [-0.4, -0.2) is 48.5 Å². The van der Waals surface area contributed by atoms with Crippen molar-refractivity contribution in [2.45, 2.75) is 6.92 Å². The van der Waals surface area contributed by atoms with Gasteiger partial charge in [0.1, 0.15) is 0 Å². The minimum atomic E-state index is 0.774. The highest BCUT2D eigenvalue weighted by atomic mass is 32.1. The highest BCUT2D eigenvalue weighted by molar-refractivity contribution is 7.25. The number of hydrogen-bond donors (Lipinski definition) is 1. The number of nitrogens with zero attached hydrogens (tertiary/aromatic N) is 4. The molecule has 1 N–H and O–H groups in total. The molecular weight excluding hydrogens is 282 g/mol. The zero-order chi connectivity index (χ0) is 13.2. The van der Waals surface area contributed by atoms with Crippen molar-refractivity contribution in [3.8, 4) is 9.88 Å². The van der Waals surface area contributed by atoms with Crippen LogP contribution in [-0.2, 0) is 4.74 Å². The first kappa shape index (κ1) is 12.8. The number of thiazole rings is 1. The molecule has 0 atom stereocenters. The zero-order valence-electron chi connectivity index (χ0n) is 10.8. The van der Waals surface area contributed by atoms with Crippen LogP contribution in [0.25, 0.3) is 9.88 Å². The lowest BCUT2D eigenvalue weighted by atomic mass is 10.4. The number of anilines is 2. The van der Waals surface area contributed by atoms with E-state index in [0.717, 1.165) is 52.1 Å². The average molecular weight is 297 g/mol. The molecule has 19 heavy (non-hydrogen) atoms. The third-order valence-corrected chi connectivity index (χ3v) is 5.21. The molecule has 3 rings (SSSR count). The Morgan fingerprint density at radius 3 is 2.68 bits per heavy atom. The molecule has 0 spiro atoms. The number of ether oxygens (including phenoxy) is 1. The minimum absolute atomic E-state index is 0.774. The average Bonchev–Trinajstić information content (AvgIpc) is 3.06. The summed E-state index contributed by atoms with van der Waals surface area (Å²) in [7, 11) is 1.85. The number of nitrogens with one attached hydrogen (secondary N) is 1.